The lowest BCUT2D eigenvalue weighted by molar-refractivity contribution is 0.102. The van der Waals surface area contributed by atoms with Gasteiger partial charge in [-0.25, -0.2) is 5.10 Å². The first-order valence-electron chi connectivity index (χ1n) is 5.66. The van der Waals surface area contributed by atoms with Gasteiger partial charge in [0.15, 0.2) is 6.61 Å². The fraction of sp³-hybridized carbons (Fsp3) is 0.0769. The number of carbonyl (C=O) groups is 1. The predicted molar refractivity (Wildman–Crippen MR) is 70.4 cm³/mol. The zero-order valence-corrected chi connectivity index (χ0v) is 10.3. The van der Waals surface area contributed by atoms with E-state index in [1.165, 1.54) is 12.1 Å². The zero-order chi connectivity index (χ0) is 14.4. The highest BCUT2D eigenvalue weighted by Crippen LogP contribution is 2.15. The average molecular weight is 270 g/mol. The van der Waals surface area contributed by atoms with E-state index in [9.17, 15) is 9.59 Å². The van der Waals surface area contributed by atoms with Gasteiger partial charge < -0.3 is 10.1 Å². The first-order valence-corrected chi connectivity index (χ1v) is 5.66. The first kappa shape index (κ1) is 13.3. The molecule has 0 saturated heterocycles. The van der Waals surface area contributed by atoms with Gasteiger partial charge in [0.1, 0.15) is 17.5 Å². The highest BCUT2D eigenvalue weighted by Gasteiger charge is 2.07. The molecule has 1 heterocycles. The van der Waals surface area contributed by atoms with E-state index >= 15 is 0 Å². The van der Waals surface area contributed by atoms with Crippen LogP contribution in [0.4, 0.5) is 5.69 Å². The maximum Gasteiger partial charge on any atom is 0.276 e. The van der Waals surface area contributed by atoms with E-state index in [1.54, 1.807) is 24.3 Å². The third-order valence-electron chi connectivity index (χ3n) is 2.33. The summed E-state index contributed by atoms with van der Waals surface area (Å²) in [7, 11) is 0. The van der Waals surface area contributed by atoms with Gasteiger partial charge in [0.2, 0.25) is 0 Å². The van der Waals surface area contributed by atoms with Gasteiger partial charge in [-0.05, 0) is 30.3 Å². The fourth-order valence-corrected chi connectivity index (χ4v) is 1.42. The van der Waals surface area contributed by atoms with E-state index in [-0.39, 0.29) is 17.9 Å². The van der Waals surface area contributed by atoms with Crippen molar-refractivity contribution in [1.82, 2.24) is 10.2 Å². The standard InChI is InChI=1S/C13H10N4O3/c14-7-8-20-10-3-1-9(2-4-10)15-13(19)11-5-6-12(18)17-16-11/h1-6H,8H2,(H,15,19)(H,17,18). The number of benzene rings is 1. The molecule has 0 fully saturated rings. The molecule has 1 aromatic heterocycles. The van der Waals surface area contributed by atoms with Gasteiger partial charge in [0.05, 0.1) is 0 Å². The molecular weight excluding hydrogens is 260 g/mol. The number of hydrogen-bond donors (Lipinski definition) is 2. The Kier molecular flexibility index (Phi) is 4.09. The van der Waals surface area contributed by atoms with Crippen molar-refractivity contribution in [2.75, 3.05) is 11.9 Å². The maximum absolute atomic E-state index is 11.8. The highest BCUT2D eigenvalue weighted by molar-refractivity contribution is 6.02. The van der Waals surface area contributed by atoms with Crippen molar-refractivity contribution < 1.29 is 9.53 Å². The summed E-state index contributed by atoms with van der Waals surface area (Å²) in [5.41, 5.74) is 0.280. The molecular formula is C13H10N4O3. The topological polar surface area (TPSA) is 108 Å². The molecule has 7 nitrogen and oxygen atoms in total. The van der Waals surface area contributed by atoms with Crippen LogP contribution in [-0.2, 0) is 0 Å². The molecule has 0 spiro atoms. The van der Waals surface area contributed by atoms with Crippen molar-refractivity contribution in [1.29, 1.82) is 5.26 Å². The summed E-state index contributed by atoms with van der Waals surface area (Å²) in [6, 6.07) is 10.9. The molecule has 2 aromatic rings. The van der Waals surface area contributed by atoms with Crippen LogP contribution in [0.3, 0.4) is 0 Å². The third kappa shape index (κ3) is 3.43. The Labute approximate surface area is 113 Å². The number of carbonyl (C=O) groups excluding carboxylic acids is 1. The number of amides is 1. The Balaban J connectivity index is 2.02. The number of aromatic nitrogens is 2. The Morgan fingerprint density at radius 2 is 2.05 bits per heavy atom. The lowest BCUT2D eigenvalue weighted by Gasteiger charge is -2.05. The van der Waals surface area contributed by atoms with Crippen LogP contribution < -0.4 is 15.6 Å². The Morgan fingerprint density at radius 1 is 1.30 bits per heavy atom. The van der Waals surface area contributed by atoms with Crippen molar-refractivity contribution in [2.45, 2.75) is 0 Å². The summed E-state index contributed by atoms with van der Waals surface area (Å²) in [6.07, 6.45) is 0. The maximum atomic E-state index is 11.8. The minimum Gasteiger partial charge on any atom is -0.479 e. The lowest BCUT2D eigenvalue weighted by Crippen LogP contribution is -2.17. The van der Waals surface area contributed by atoms with Crippen LogP contribution >= 0.6 is 0 Å². The van der Waals surface area contributed by atoms with Crippen LogP contribution in [0.1, 0.15) is 10.5 Å². The van der Waals surface area contributed by atoms with Crippen LogP contribution in [-0.4, -0.2) is 22.7 Å². The van der Waals surface area contributed by atoms with Crippen molar-refractivity contribution in [3.8, 4) is 11.8 Å². The van der Waals surface area contributed by atoms with Crippen LogP contribution in [0, 0.1) is 11.3 Å². The average Bonchev–Trinajstić information content (AvgIpc) is 2.47. The quantitative estimate of drug-likeness (QED) is 0.859. The Morgan fingerprint density at radius 3 is 2.65 bits per heavy atom. The van der Waals surface area contributed by atoms with Crippen molar-refractivity contribution in [3.63, 3.8) is 0 Å². The second-order valence-corrected chi connectivity index (χ2v) is 3.73. The number of nitrogens with one attached hydrogen (secondary N) is 2. The first-order chi connectivity index (χ1) is 9.69. The normalized spacial score (nSPS) is 9.55. The molecule has 1 aromatic carbocycles. The van der Waals surface area contributed by atoms with E-state index in [4.69, 9.17) is 10.00 Å². The molecule has 20 heavy (non-hydrogen) atoms. The number of aromatic amines is 1. The van der Waals surface area contributed by atoms with Crippen LogP contribution in [0.2, 0.25) is 0 Å². The minimum absolute atomic E-state index is 0.0347. The number of nitrogens with zero attached hydrogens (tertiary/aromatic N) is 2. The number of hydrogen-bond acceptors (Lipinski definition) is 5. The second-order valence-electron chi connectivity index (χ2n) is 3.73. The van der Waals surface area contributed by atoms with Crippen molar-refractivity contribution in [2.24, 2.45) is 0 Å². The number of anilines is 1. The second kappa shape index (κ2) is 6.15. The summed E-state index contributed by atoms with van der Waals surface area (Å²) < 4.78 is 5.09. The number of rotatable bonds is 4. The SMILES string of the molecule is N#CCOc1ccc(NC(=O)c2ccc(=O)[nH]n2)cc1. The lowest BCUT2D eigenvalue weighted by atomic mass is 10.3. The van der Waals surface area contributed by atoms with Gasteiger partial charge >= 0.3 is 0 Å². The molecule has 100 valence electrons. The van der Waals surface area contributed by atoms with Crippen LogP contribution in [0.25, 0.3) is 0 Å². The summed E-state index contributed by atoms with van der Waals surface area (Å²) in [4.78, 5) is 22.7. The van der Waals surface area contributed by atoms with Crippen molar-refractivity contribution in [3.05, 3.63) is 52.4 Å². The molecule has 0 aliphatic rings. The smallest absolute Gasteiger partial charge is 0.276 e. The van der Waals surface area contributed by atoms with Gasteiger partial charge in [-0.1, -0.05) is 0 Å². The summed E-state index contributed by atoms with van der Waals surface area (Å²) in [5, 5.41) is 16.8. The highest BCUT2D eigenvalue weighted by atomic mass is 16.5. The number of H-pyrrole nitrogens is 1. The molecule has 0 aliphatic carbocycles. The summed E-state index contributed by atoms with van der Waals surface area (Å²) >= 11 is 0. The Hall–Kier alpha value is -3.14. The van der Waals surface area contributed by atoms with E-state index < -0.39 is 5.91 Å². The zero-order valence-electron chi connectivity index (χ0n) is 10.3. The number of nitriles is 1. The van der Waals surface area contributed by atoms with Gasteiger partial charge in [-0.15, -0.1) is 0 Å². The monoisotopic (exact) mass is 270 g/mol. The van der Waals surface area contributed by atoms with E-state index in [2.05, 4.69) is 15.5 Å². The molecule has 0 unspecified atom stereocenters. The van der Waals surface area contributed by atoms with E-state index in [0.29, 0.717) is 11.4 Å². The van der Waals surface area contributed by atoms with Gasteiger partial charge in [0, 0.05) is 11.8 Å². The molecule has 0 bridgehead atoms. The van der Waals surface area contributed by atoms with Gasteiger partial charge in [-0.3, -0.25) is 9.59 Å². The van der Waals surface area contributed by atoms with Gasteiger partial charge in [0.25, 0.3) is 11.5 Å². The molecule has 2 rings (SSSR count). The van der Waals surface area contributed by atoms with E-state index in [0.717, 1.165) is 0 Å². The van der Waals surface area contributed by atoms with Crippen molar-refractivity contribution >= 4 is 11.6 Å². The largest absolute Gasteiger partial charge is 0.479 e. The number of ether oxygens (including phenoxy) is 1. The van der Waals surface area contributed by atoms with E-state index in [1.807, 2.05) is 6.07 Å². The minimum atomic E-state index is -0.438. The Bertz CT molecular complexity index is 680. The predicted octanol–water partition coefficient (Wildman–Crippen LogP) is 0.925. The van der Waals surface area contributed by atoms with Crippen LogP contribution in [0.15, 0.2) is 41.2 Å². The third-order valence-corrected chi connectivity index (χ3v) is 2.33. The summed E-state index contributed by atoms with van der Waals surface area (Å²) in [5.74, 6) is 0.0960. The molecule has 0 atom stereocenters. The van der Waals surface area contributed by atoms with Gasteiger partial charge in [-0.2, -0.15) is 10.4 Å². The molecule has 0 aliphatic heterocycles. The van der Waals surface area contributed by atoms with Crippen LogP contribution in [0.5, 0.6) is 5.75 Å². The molecule has 2 N–H and O–H groups in total. The fourth-order valence-electron chi connectivity index (χ4n) is 1.42. The molecule has 1 amide bonds. The molecule has 0 radical (unpaired) electrons. The summed E-state index contributed by atoms with van der Waals surface area (Å²) in [6.45, 7) is -0.0347. The molecule has 0 saturated carbocycles. The molecule has 7 heteroatoms.